The van der Waals surface area contributed by atoms with Crippen molar-refractivity contribution >= 4 is 39.3 Å². The van der Waals surface area contributed by atoms with Crippen molar-refractivity contribution in [3.05, 3.63) is 108 Å². The first-order valence-corrected chi connectivity index (χ1v) is 10.6. The number of hydrogen-bond acceptors (Lipinski definition) is 5. The zero-order valence-electron chi connectivity index (χ0n) is 17.9. The Morgan fingerprint density at radius 3 is 2.47 bits per heavy atom. The monoisotopic (exact) mass is 446 g/mol. The summed E-state index contributed by atoms with van der Waals surface area (Å²) in [4.78, 5) is 25.7. The highest BCUT2D eigenvalue weighted by atomic mass is 16.5. The third kappa shape index (κ3) is 3.98. The lowest BCUT2D eigenvalue weighted by atomic mass is 10.1. The molecule has 0 aliphatic heterocycles. The van der Waals surface area contributed by atoms with E-state index in [1.165, 1.54) is 0 Å². The Balaban J connectivity index is 1.35. The molecule has 0 radical (unpaired) electrons. The maximum atomic E-state index is 12.9. The normalized spacial score (nSPS) is 10.7. The van der Waals surface area contributed by atoms with Crippen molar-refractivity contribution < 1.29 is 18.7 Å². The molecule has 164 valence electrons. The van der Waals surface area contributed by atoms with Crippen molar-refractivity contribution in [2.24, 2.45) is 0 Å². The van der Waals surface area contributed by atoms with Gasteiger partial charge in [0.1, 0.15) is 23.0 Å². The zero-order chi connectivity index (χ0) is 23.5. The van der Waals surface area contributed by atoms with Crippen LogP contribution in [0.1, 0.15) is 26.3 Å². The van der Waals surface area contributed by atoms with Crippen LogP contribution in [-0.4, -0.2) is 18.3 Å². The average molecular weight is 446 g/mol. The molecular weight excluding hydrogens is 428 g/mol. The van der Waals surface area contributed by atoms with E-state index in [0.717, 1.165) is 16.4 Å². The Morgan fingerprint density at radius 2 is 1.59 bits per heavy atom. The van der Waals surface area contributed by atoms with Gasteiger partial charge in [-0.2, -0.15) is 5.26 Å². The quantitative estimate of drug-likeness (QED) is 0.324. The second-order valence-corrected chi connectivity index (χ2v) is 7.63. The van der Waals surface area contributed by atoms with Gasteiger partial charge >= 0.3 is 0 Å². The third-order valence-electron chi connectivity index (χ3n) is 5.48. The fraction of sp³-hybridized carbons (Fsp3) is 0.0357. The van der Waals surface area contributed by atoms with Crippen LogP contribution in [0.5, 0.6) is 5.75 Å². The summed E-state index contributed by atoms with van der Waals surface area (Å²) in [6.45, 7) is -0.236. The molecule has 0 unspecified atom stereocenters. The highest BCUT2D eigenvalue weighted by Crippen LogP contribution is 2.29. The van der Waals surface area contributed by atoms with Crippen LogP contribution in [0.15, 0.2) is 95.4 Å². The Bertz CT molecular complexity index is 1590. The van der Waals surface area contributed by atoms with Gasteiger partial charge < -0.3 is 14.5 Å². The Hall–Kier alpha value is -4.89. The summed E-state index contributed by atoms with van der Waals surface area (Å²) in [6.07, 6.45) is 0. The van der Waals surface area contributed by atoms with Gasteiger partial charge in [0.05, 0.1) is 16.8 Å². The second-order valence-electron chi connectivity index (χ2n) is 7.63. The van der Waals surface area contributed by atoms with Gasteiger partial charge in [0, 0.05) is 16.3 Å². The number of Topliss-reactive ketones (excluding diaryl/α,β-unsaturated/α-hetero) is 1. The van der Waals surface area contributed by atoms with E-state index in [9.17, 15) is 14.9 Å². The van der Waals surface area contributed by atoms with Crippen LogP contribution in [0, 0.1) is 11.3 Å². The van der Waals surface area contributed by atoms with Gasteiger partial charge in [-0.05, 0) is 48.5 Å². The fourth-order valence-corrected chi connectivity index (χ4v) is 3.79. The molecular formula is C28H18N2O4. The lowest BCUT2D eigenvalue weighted by Gasteiger charge is -2.12. The molecule has 0 saturated heterocycles. The predicted molar refractivity (Wildman–Crippen MR) is 129 cm³/mol. The summed E-state index contributed by atoms with van der Waals surface area (Å²) in [6, 6.07) is 28.4. The molecule has 6 heteroatoms. The van der Waals surface area contributed by atoms with Crippen LogP contribution in [0.4, 0.5) is 5.69 Å². The van der Waals surface area contributed by atoms with Crippen molar-refractivity contribution in [1.82, 2.24) is 0 Å². The number of carbonyl (C=O) groups is 2. The van der Waals surface area contributed by atoms with Gasteiger partial charge in [0.2, 0.25) is 0 Å². The van der Waals surface area contributed by atoms with Gasteiger partial charge in [-0.25, -0.2) is 0 Å². The number of fused-ring (bicyclic) bond motifs is 3. The largest absolute Gasteiger partial charge is 0.485 e. The SMILES string of the molecule is N#Cc1ccccc1NC(=O)c1ccccc1OCC(=O)c1ccc2oc3ccccc3c2c1. The number of ether oxygens (including phenoxy) is 1. The van der Waals surface area contributed by atoms with Gasteiger partial charge in [0.15, 0.2) is 12.4 Å². The van der Waals surface area contributed by atoms with Crippen molar-refractivity contribution in [2.75, 3.05) is 11.9 Å². The maximum Gasteiger partial charge on any atom is 0.259 e. The van der Waals surface area contributed by atoms with Gasteiger partial charge in [0.25, 0.3) is 5.91 Å². The molecule has 0 bridgehead atoms. The van der Waals surface area contributed by atoms with Crippen molar-refractivity contribution in [2.45, 2.75) is 0 Å². The lowest BCUT2D eigenvalue weighted by Crippen LogP contribution is -2.17. The summed E-state index contributed by atoms with van der Waals surface area (Å²) in [5, 5.41) is 13.8. The van der Waals surface area contributed by atoms with E-state index in [-0.39, 0.29) is 23.7 Å². The predicted octanol–water partition coefficient (Wildman–Crippen LogP) is 5.97. The minimum absolute atomic E-state index is 0.225. The first-order valence-electron chi connectivity index (χ1n) is 10.6. The van der Waals surface area contributed by atoms with Crippen LogP contribution < -0.4 is 10.1 Å². The number of amides is 1. The molecule has 6 nitrogen and oxygen atoms in total. The zero-order valence-corrected chi connectivity index (χ0v) is 17.9. The molecule has 0 atom stereocenters. The van der Waals surface area contributed by atoms with E-state index < -0.39 is 5.91 Å². The number of anilines is 1. The number of nitriles is 1. The Kier molecular flexibility index (Phi) is 5.51. The van der Waals surface area contributed by atoms with Gasteiger partial charge in [-0.15, -0.1) is 0 Å². The van der Waals surface area contributed by atoms with Crippen molar-refractivity contribution in [3.8, 4) is 11.8 Å². The van der Waals surface area contributed by atoms with E-state index in [1.807, 2.05) is 30.3 Å². The summed E-state index contributed by atoms with van der Waals surface area (Å²) in [5.41, 5.74) is 2.98. The Morgan fingerprint density at radius 1 is 0.853 bits per heavy atom. The lowest BCUT2D eigenvalue weighted by molar-refractivity contribution is 0.0914. The summed E-state index contributed by atoms with van der Waals surface area (Å²) in [7, 11) is 0. The standard InChI is InChI=1S/C28H18N2O4/c29-16-19-7-1-4-10-23(19)30-28(32)21-9-3-5-11-25(21)33-17-24(31)18-13-14-27-22(15-18)20-8-2-6-12-26(20)34-27/h1-15H,17H2,(H,30,32). The van der Waals surface area contributed by atoms with Gasteiger partial charge in [-0.1, -0.05) is 42.5 Å². The Labute approximate surface area is 195 Å². The van der Waals surface area contributed by atoms with Crippen LogP contribution in [-0.2, 0) is 0 Å². The van der Waals surface area contributed by atoms with Crippen molar-refractivity contribution in [3.63, 3.8) is 0 Å². The maximum absolute atomic E-state index is 12.9. The smallest absolute Gasteiger partial charge is 0.259 e. The fourth-order valence-electron chi connectivity index (χ4n) is 3.79. The number of nitrogens with zero attached hydrogens (tertiary/aromatic N) is 1. The molecule has 4 aromatic carbocycles. The van der Waals surface area contributed by atoms with Crippen molar-refractivity contribution in [1.29, 1.82) is 5.26 Å². The van der Waals surface area contributed by atoms with Crippen LogP contribution in [0.2, 0.25) is 0 Å². The second kappa shape index (κ2) is 8.93. The van der Waals surface area contributed by atoms with E-state index in [2.05, 4.69) is 5.32 Å². The summed E-state index contributed by atoms with van der Waals surface area (Å²) >= 11 is 0. The minimum Gasteiger partial charge on any atom is -0.485 e. The first-order chi connectivity index (χ1) is 16.6. The van der Waals surface area contributed by atoms with E-state index in [4.69, 9.17) is 9.15 Å². The molecule has 1 amide bonds. The molecule has 0 aliphatic rings. The molecule has 0 spiro atoms. The van der Waals surface area contributed by atoms with Crippen LogP contribution >= 0.6 is 0 Å². The molecule has 0 aliphatic carbocycles. The molecule has 5 aromatic rings. The van der Waals surface area contributed by atoms with E-state index >= 15 is 0 Å². The summed E-state index contributed by atoms with van der Waals surface area (Å²) in [5.74, 6) is -0.383. The number of nitrogens with one attached hydrogen (secondary N) is 1. The number of carbonyl (C=O) groups excluding carboxylic acids is 2. The number of furan rings is 1. The third-order valence-corrected chi connectivity index (χ3v) is 5.48. The minimum atomic E-state index is -0.433. The number of ketones is 1. The summed E-state index contributed by atoms with van der Waals surface area (Å²) < 4.78 is 11.6. The number of benzene rings is 4. The van der Waals surface area contributed by atoms with E-state index in [0.29, 0.717) is 22.4 Å². The average Bonchev–Trinajstić information content (AvgIpc) is 3.25. The molecule has 34 heavy (non-hydrogen) atoms. The number of rotatable bonds is 6. The molecule has 0 saturated carbocycles. The number of hydrogen-bond donors (Lipinski definition) is 1. The highest BCUT2D eigenvalue weighted by Gasteiger charge is 2.16. The van der Waals surface area contributed by atoms with Gasteiger partial charge in [-0.3, -0.25) is 9.59 Å². The first kappa shape index (κ1) is 21.0. The number of para-hydroxylation sites is 3. The molecule has 0 fully saturated rings. The van der Waals surface area contributed by atoms with Crippen LogP contribution in [0.25, 0.3) is 21.9 Å². The molecule has 1 aromatic heterocycles. The highest BCUT2D eigenvalue weighted by molar-refractivity contribution is 6.09. The van der Waals surface area contributed by atoms with E-state index in [1.54, 1.807) is 66.7 Å². The molecule has 1 N–H and O–H groups in total. The topological polar surface area (TPSA) is 92.3 Å². The molecule has 5 rings (SSSR count). The molecule has 1 heterocycles. The van der Waals surface area contributed by atoms with Crippen LogP contribution in [0.3, 0.4) is 0 Å².